The predicted molar refractivity (Wildman–Crippen MR) is 102 cm³/mol. The summed E-state index contributed by atoms with van der Waals surface area (Å²) >= 11 is 0. The maximum atomic E-state index is 13.5. The number of aliphatic hydroxyl groups excluding tert-OH is 1. The van der Waals surface area contributed by atoms with E-state index in [0.717, 1.165) is 44.3 Å². The van der Waals surface area contributed by atoms with E-state index in [0.29, 0.717) is 0 Å². The van der Waals surface area contributed by atoms with Crippen LogP contribution >= 0.6 is 0 Å². The van der Waals surface area contributed by atoms with E-state index in [9.17, 15) is 9.50 Å². The molecule has 2 aromatic rings. The van der Waals surface area contributed by atoms with Crippen LogP contribution in [0.4, 0.5) is 4.39 Å². The fraction of sp³-hybridized carbons (Fsp3) is 0.391. The van der Waals surface area contributed by atoms with Gasteiger partial charge in [0.25, 0.3) is 0 Å². The van der Waals surface area contributed by atoms with Crippen molar-refractivity contribution >= 4 is 6.08 Å². The molecule has 1 fully saturated rings. The molecule has 0 bridgehead atoms. The van der Waals surface area contributed by atoms with Crippen molar-refractivity contribution in [1.29, 1.82) is 0 Å². The van der Waals surface area contributed by atoms with E-state index in [4.69, 9.17) is 0 Å². The Hall–Kier alpha value is -1.97. The first kappa shape index (κ1) is 16.2. The molecule has 2 aromatic carbocycles. The summed E-state index contributed by atoms with van der Waals surface area (Å²) in [6.45, 7) is 1.95. The zero-order chi connectivity index (χ0) is 17.7. The largest absolute Gasteiger partial charge is 0.391 e. The second kappa shape index (κ2) is 6.04. The average molecular weight is 349 g/mol. The smallest absolute Gasteiger partial charge is 0.123 e. The summed E-state index contributed by atoms with van der Waals surface area (Å²) in [7, 11) is 0. The highest BCUT2D eigenvalue weighted by atomic mass is 19.1. The predicted octanol–water partition coefficient (Wildman–Crippen LogP) is 3.71. The van der Waals surface area contributed by atoms with Gasteiger partial charge in [-0.1, -0.05) is 42.5 Å². The molecule has 134 valence electrons. The number of benzene rings is 2. The number of piperidine rings is 1. The lowest BCUT2D eigenvalue weighted by molar-refractivity contribution is 0.0237. The standard InChI is InChI=1S/C23H24FNO/c24-19-5-6-20-18(13-19)7-8-23(20)9-11-25(12-10-23)21-14-16-3-1-2-4-17(16)15-22(21)26/h1-8,13,21-22,26H,9-12,14-15H2. The fourth-order valence-corrected chi connectivity index (χ4v) is 5.21. The molecule has 1 spiro atoms. The molecule has 5 rings (SSSR count). The zero-order valence-electron chi connectivity index (χ0n) is 14.9. The van der Waals surface area contributed by atoms with E-state index >= 15 is 0 Å². The summed E-state index contributed by atoms with van der Waals surface area (Å²) in [5.41, 5.74) is 5.03. The van der Waals surface area contributed by atoms with E-state index in [1.807, 2.05) is 6.07 Å². The molecule has 2 nitrogen and oxygen atoms in total. The van der Waals surface area contributed by atoms with Gasteiger partial charge in [0.2, 0.25) is 0 Å². The van der Waals surface area contributed by atoms with Crippen molar-refractivity contribution in [3.63, 3.8) is 0 Å². The molecular weight excluding hydrogens is 325 g/mol. The third-order valence-corrected chi connectivity index (χ3v) is 6.71. The summed E-state index contributed by atoms with van der Waals surface area (Å²) in [6, 6.07) is 13.9. The number of aliphatic hydroxyl groups is 1. The van der Waals surface area contributed by atoms with Gasteiger partial charge in [-0.3, -0.25) is 4.90 Å². The molecule has 1 N–H and O–H groups in total. The van der Waals surface area contributed by atoms with Gasteiger partial charge in [-0.05, 0) is 66.7 Å². The van der Waals surface area contributed by atoms with Gasteiger partial charge in [0.15, 0.2) is 0 Å². The highest BCUT2D eigenvalue weighted by Gasteiger charge is 2.41. The number of likely N-dealkylation sites (tertiary alicyclic amines) is 1. The Bertz CT molecular complexity index is 866. The Morgan fingerprint density at radius 2 is 1.73 bits per heavy atom. The monoisotopic (exact) mass is 349 g/mol. The lowest BCUT2D eigenvalue weighted by atomic mass is 9.73. The highest BCUT2D eigenvalue weighted by molar-refractivity contribution is 5.65. The van der Waals surface area contributed by atoms with Crippen LogP contribution in [-0.4, -0.2) is 35.2 Å². The molecule has 0 aromatic heterocycles. The number of nitrogens with zero attached hydrogens (tertiary/aromatic N) is 1. The van der Waals surface area contributed by atoms with Gasteiger partial charge in [0.1, 0.15) is 5.82 Å². The molecule has 26 heavy (non-hydrogen) atoms. The molecule has 0 amide bonds. The SMILES string of the molecule is OC1Cc2ccccc2CC1N1CCC2(C=Cc3cc(F)ccc32)CC1. The molecule has 1 aliphatic heterocycles. The Balaban J connectivity index is 1.34. The van der Waals surface area contributed by atoms with Crippen LogP contribution in [0.3, 0.4) is 0 Å². The van der Waals surface area contributed by atoms with Crippen molar-refractivity contribution < 1.29 is 9.50 Å². The number of halogens is 1. The van der Waals surface area contributed by atoms with Crippen molar-refractivity contribution in [1.82, 2.24) is 4.90 Å². The molecule has 1 saturated heterocycles. The quantitative estimate of drug-likeness (QED) is 0.848. The topological polar surface area (TPSA) is 23.5 Å². The minimum Gasteiger partial charge on any atom is -0.391 e. The van der Waals surface area contributed by atoms with Crippen molar-refractivity contribution in [2.45, 2.75) is 43.2 Å². The minimum atomic E-state index is -0.292. The van der Waals surface area contributed by atoms with E-state index in [-0.39, 0.29) is 23.4 Å². The molecule has 2 atom stereocenters. The minimum absolute atomic E-state index is 0.0526. The average Bonchev–Trinajstić information content (AvgIpc) is 2.99. The molecule has 1 heterocycles. The first-order valence-corrected chi connectivity index (χ1v) is 9.63. The van der Waals surface area contributed by atoms with E-state index < -0.39 is 0 Å². The zero-order valence-corrected chi connectivity index (χ0v) is 14.9. The van der Waals surface area contributed by atoms with Crippen LogP contribution in [0.5, 0.6) is 0 Å². The second-order valence-corrected chi connectivity index (χ2v) is 8.07. The van der Waals surface area contributed by atoms with Crippen LogP contribution in [-0.2, 0) is 18.3 Å². The normalized spacial score (nSPS) is 26.7. The molecule has 0 radical (unpaired) electrons. The summed E-state index contributed by atoms with van der Waals surface area (Å²) in [4.78, 5) is 2.47. The fourth-order valence-electron chi connectivity index (χ4n) is 5.21. The van der Waals surface area contributed by atoms with Crippen molar-refractivity contribution in [2.24, 2.45) is 0 Å². The van der Waals surface area contributed by atoms with Crippen LogP contribution in [0.1, 0.15) is 35.1 Å². The molecule has 2 aliphatic carbocycles. The lowest BCUT2D eigenvalue weighted by Crippen LogP contribution is -2.53. The van der Waals surface area contributed by atoms with Crippen LogP contribution < -0.4 is 0 Å². The third kappa shape index (κ3) is 2.53. The summed E-state index contributed by atoms with van der Waals surface area (Å²) in [5.74, 6) is -0.160. The summed E-state index contributed by atoms with van der Waals surface area (Å²) in [6.07, 6.45) is 7.83. The van der Waals surface area contributed by atoms with Crippen molar-refractivity contribution in [3.8, 4) is 0 Å². The maximum absolute atomic E-state index is 13.5. The first-order valence-electron chi connectivity index (χ1n) is 9.63. The molecule has 0 saturated carbocycles. The highest BCUT2D eigenvalue weighted by Crippen LogP contribution is 2.44. The molecule has 3 aliphatic rings. The van der Waals surface area contributed by atoms with Crippen LogP contribution in [0.25, 0.3) is 6.08 Å². The Morgan fingerprint density at radius 3 is 2.50 bits per heavy atom. The second-order valence-electron chi connectivity index (χ2n) is 8.07. The van der Waals surface area contributed by atoms with E-state index in [1.54, 1.807) is 12.1 Å². The van der Waals surface area contributed by atoms with Gasteiger partial charge in [-0.15, -0.1) is 0 Å². The van der Waals surface area contributed by atoms with Crippen molar-refractivity contribution in [3.05, 3.63) is 76.6 Å². The van der Waals surface area contributed by atoms with Crippen LogP contribution in [0, 0.1) is 5.82 Å². The van der Waals surface area contributed by atoms with E-state index in [1.165, 1.54) is 16.7 Å². The van der Waals surface area contributed by atoms with Crippen molar-refractivity contribution in [2.75, 3.05) is 13.1 Å². The van der Waals surface area contributed by atoms with Gasteiger partial charge < -0.3 is 5.11 Å². The summed E-state index contributed by atoms with van der Waals surface area (Å²) < 4.78 is 13.5. The number of hydrogen-bond donors (Lipinski definition) is 1. The molecule has 3 heteroatoms. The van der Waals surface area contributed by atoms with E-state index in [2.05, 4.69) is 41.3 Å². The summed E-state index contributed by atoms with van der Waals surface area (Å²) in [5, 5.41) is 10.7. The molecule has 2 unspecified atom stereocenters. The lowest BCUT2D eigenvalue weighted by Gasteiger charge is -2.45. The number of rotatable bonds is 1. The number of hydrogen-bond acceptors (Lipinski definition) is 2. The maximum Gasteiger partial charge on any atom is 0.123 e. The van der Waals surface area contributed by atoms with Gasteiger partial charge in [-0.25, -0.2) is 4.39 Å². The van der Waals surface area contributed by atoms with Gasteiger partial charge >= 0.3 is 0 Å². The Morgan fingerprint density at radius 1 is 1.00 bits per heavy atom. The van der Waals surface area contributed by atoms with Crippen LogP contribution in [0.15, 0.2) is 48.5 Å². The Kier molecular flexibility index (Phi) is 3.77. The van der Waals surface area contributed by atoms with Gasteiger partial charge in [0, 0.05) is 17.9 Å². The molecular formula is C23H24FNO. The van der Waals surface area contributed by atoms with Gasteiger partial charge in [0.05, 0.1) is 6.10 Å². The number of fused-ring (bicyclic) bond motifs is 3. The van der Waals surface area contributed by atoms with Gasteiger partial charge in [-0.2, -0.15) is 0 Å². The van der Waals surface area contributed by atoms with Crippen LogP contribution in [0.2, 0.25) is 0 Å². The Labute approximate surface area is 154 Å². The third-order valence-electron chi connectivity index (χ3n) is 6.71. The number of allylic oxidation sites excluding steroid dienone is 1. The first-order chi connectivity index (χ1) is 12.6.